The van der Waals surface area contributed by atoms with Crippen molar-refractivity contribution in [2.45, 2.75) is 204 Å². The summed E-state index contributed by atoms with van der Waals surface area (Å²) in [6, 6.07) is 0. The second-order valence-electron chi connectivity index (χ2n) is 23.2. The first-order valence-corrected chi connectivity index (χ1v) is 23.8. The third-order valence-electron chi connectivity index (χ3n) is 18.8. The van der Waals surface area contributed by atoms with Gasteiger partial charge < -0.3 is 84.6 Å². The molecular weight excluding hydrogens is 868 g/mol. The Labute approximate surface area is 385 Å². The largest absolute Gasteiger partial charge is 0.479 e. The predicted octanol–water partition coefficient (Wildman–Crippen LogP) is -0.157. The van der Waals surface area contributed by atoms with Crippen LogP contribution in [0, 0.1) is 50.2 Å². The van der Waals surface area contributed by atoms with Crippen molar-refractivity contribution in [3.05, 3.63) is 11.6 Å². The minimum Gasteiger partial charge on any atom is -0.479 e. The first-order chi connectivity index (χ1) is 30.7. The molecule has 0 radical (unpaired) electrons. The SMILES string of the molecule is CC1(C)CC[C@]2(C(=O)O[C@@H]3O[C@H](CO)[C@@H](O)[C@H](O)[C@H]3O)CC[C@]3(C)C(=CC[C@@H]4[C@@]5(C)C[C@H](O)[C@H](O[C@@H]6O[C@H](C(=O)O)[C@@H](O)[C@H](O)[C@H]6O[C@@H]6OC[C@H](O)[C@H](O)[C@H]6O)C(C)(C)[C@@H]5CC[C@]43C)[C@@H]2C1. The highest BCUT2D eigenvalue weighted by Gasteiger charge is 2.71. The smallest absolute Gasteiger partial charge is 0.335 e. The van der Waals surface area contributed by atoms with Crippen LogP contribution in [0.25, 0.3) is 0 Å². The Morgan fingerprint density at radius 2 is 1.36 bits per heavy atom. The number of carbonyl (C=O) groups is 2. The Balaban J connectivity index is 1.07. The Morgan fingerprint density at radius 1 is 0.697 bits per heavy atom. The first kappa shape index (κ1) is 50.5. The highest BCUT2D eigenvalue weighted by molar-refractivity contribution is 5.79. The van der Waals surface area contributed by atoms with Gasteiger partial charge in [-0.15, -0.1) is 0 Å². The molecule has 11 N–H and O–H groups in total. The molecule has 0 aromatic rings. The van der Waals surface area contributed by atoms with Gasteiger partial charge in [0.05, 0.1) is 30.8 Å². The fourth-order valence-electron chi connectivity index (χ4n) is 14.9. The summed E-state index contributed by atoms with van der Waals surface area (Å²) in [5.74, 6) is -2.33. The average molecular weight is 943 g/mol. The van der Waals surface area contributed by atoms with E-state index in [1.807, 2.05) is 13.8 Å². The minimum atomic E-state index is -1.99. The maximum atomic E-state index is 14.7. The number of aliphatic carboxylic acids is 1. The summed E-state index contributed by atoms with van der Waals surface area (Å²) in [6.45, 7) is 14.2. The van der Waals surface area contributed by atoms with Crippen LogP contribution in [0.4, 0.5) is 0 Å². The number of hydrogen-bond donors (Lipinski definition) is 11. The standard InChI is InChI=1S/C47H74O19/c1-42(2)12-14-47(41(60)66-39-33(57)29(53)28(52)24(18-48)62-39)15-13-45(6)20(21(47)16-42)8-9-26-44(5)17-22(49)36(43(3,4)25(44)10-11-46(26,45)7)65-40-35(31(55)30(54)34(63-40)37(58)59)64-38-32(56)27(51)23(50)19-61-38/h8,21-36,38-40,48-57H,9-19H2,1-7H3,(H,58,59)/t21-,22-,23-,24+,25-,26+,27-,28+,29-,30-,31-,32+,33+,34-,35+,36-,38-,39-,40-,44-,45+,46+,47-/m0/s1. The van der Waals surface area contributed by atoms with Crippen LogP contribution in [0.1, 0.15) is 106 Å². The number of fused-ring (bicyclic) bond motifs is 7. The minimum absolute atomic E-state index is 0.0552. The van der Waals surface area contributed by atoms with E-state index in [-0.39, 0.29) is 40.4 Å². The van der Waals surface area contributed by atoms with E-state index in [2.05, 4.69) is 40.7 Å². The lowest BCUT2D eigenvalue weighted by atomic mass is 9.33. The number of esters is 1. The van der Waals surface area contributed by atoms with Crippen LogP contribution in [-0.2, 0) is 38.0 Å². The lowest BCUT2D eigenvalue weighted by molar-refractivity contribution is -0.371. The summed E-state index contributed by atoms with van der Waals surface area (Å²) in [5, 5.41) is 117. The van der Waals surface area contributed by atoms with Crippen molar-refractivity contribution in [2.24, 2.45) is 50.2 Å². The van der Waals surface area contributed by atoms with Crippen LogP contribution < -0.4 is 0 Å². The first-order valence-electron chi connectivity index (χ1n) is 23.8. The van der Waals surface area contributed by atoms with Gasteiger partial charge in [0.1, 0.15) is 61.0 Å². The van der Waals surface area contributed by atoms with Crippen LogP contribution in [-0.4, -0.2) is 180 Å². The molecule has 376 valence electrons. The van der Waals surface area contributed by atoms with E-state index < -0.39 is 140 Å². The van der Waals surface area contributed by atoms with Crippen molar-refractivity contribution >= 4 is 11.9 Å². The van der Waals surface area contributed by atoms with Crippen LogP contribution in [0.5, 0.6) is 0 Å². The number of ether oxygens (including phenoxy) is 6. The highest BCUT2D eigenvalue weighted by atomic mass is 16.8. The van der Waals surface area contributed by atoms with Gasteiger partial charge in [-0.25, -0.2) is 4.79 Å². The monoisotopic (exact) mass is 942 g/mol. The number of rotatable bonds is 8. The normalized spacial score (nSPS) is 53.2. The molecule has 0 aromatic heterocycles. The number of aliphatic hydroxyl groups is 10. The summed E-state index contributed by atoms with van der Waals surface area (Å²) in [6.07, 6.45) is -17.8. The van der Waals surface area contributed by atoms with Crippen molar-refractivity contribution in [1.29, 1.82) is 0 Å². The average Bonchev–Trinajstić information content (AvgIpc) is 3.24. The third-order valence-corrected chi connectivity index (χ3v) is 18.8. The summed E-state index contributed by atoms with van der Waals surface area (Å²) < 4.78 is 35.2. The fraction of sp³-hybridized carbons (Fsp3) is 0.915. The zero-order chi connectivity index (χ0) is 48.4. The number of hydrogen-bond acceptors (Lipinski definition) is 18. The summed E-state index contributed by atoms with van der Waals surface area (Å²) in [5.41, 5.74) is -1.82. The van der Waals surface area contributed by atoms with E-state index in [1.165, 1.54) is 5.57 Å². The van der Waals surface area contributed by atoms with Crippen molar-refractivity contribution in [2.75, 3.05) is 13.2 Å². The Hall–Kier alpha value is -1.92. The third kappa shape index (κ3) is 7.73. The summed E-state index contributed by atoms with van der Waals surface area (Å²) >= 11 is 0. The lowest BCUT2D eigenvalue weighted by Crippen LogP contribution is -2.69. The molecule has 0 spiro atoms. The molecule has 8 rings (SSSR count). The predicted molar refractivity (Wildman–Crippen MR) is 226 cm³/mol. The van der Waals surface area contributed by atoms with Crippen LogP contribution >= 0.6 is 0 Å². The van der Waals surface area contributed by atoms with E-state index in [4.69, 9.17) is 28.4 Å². The molecule has 19 heteroatoms. The Morgan fingerprint density at radius 3 is 2.03 bits per heavy atom. The Bertz CT molecular complexity index is 1860. The second kappa shape index (κ2) is 17.4. The molecule has 3 aliphatic heterocycles. The van der Waals surface area contributed by atoms with Gasteiger partial charge in [-0.1, -0.05) is 60.1 Å². The van der Waals surface area contributed by atoms with Gasteiger partial charge in [0.15, 0.2) is 18.7 Å². The van der Waals surface area contributed by atoms with E-state index >= 15 is 0 Å². The molecule has 5 aliphatic carbocycles. The fourth-order valence-corrected chi connectivity index (χ4v) is 14.9. The number of carbonyl (C=O) groups excluding carboxylic acids is 1. The lowest BCUT2D eigenvalue weighted by Gasteiger charge is -2.71. The van der Waals surface area contributed by atoms with Gasteiger partial charge in [-0.05, 0) is 103 Å². The van der Waals surface area contributed by atoms with E-state index in [1.54, 1.807) is 0 Å². The van der Waals surface area contributed by atoms with Crippen molar-refractivity contribution in [1.82, 2.24) is 0 Å². The molecule has 0 aromatic carbocycles. The molecule has 8 aliphatic rings. The zero-order valence-corrected chi connectivity index (χ0v) is 39.0. The molecule has 3 saturated heterocycles. The van der Waals surface area contributed by atoms with Crippen molar-refractivity contribution < 1.29 is 94.2 Å². The molecule has 0 bridgehead atoms. The van der Waals surface area contributed by atoms with Gasteiger partial charge in [0.2, 0.25) is 6.29 Å². The Kier molecular flexibility index (Phi) is 13.3. The maximum absolute atomic E-state index is 14.7. The van der Waals surface area contributed by atoms with E-state index in [0.29, 0.717) is 32.1 Å². The van der Waals surface area contributed by atoms with Gasteiger partial charge in [-0.3, -0.25) is 4.79 Å². The molecule has 19 nitrogen and oxygen atoms in total. The number of carboxylic acids is 1. The summed E-state index contributed by atoms with van der Waals surface area (Å²) in [7, 11) is 0. The molecule has 0 unspecified atom stereocenters. The summed E-state index contributed by atoms with van der Waals surface area (Å²) in [4.78, 5) is 26.9. The van der Waals surface area contributed by atoms with Crippen LogP contribution in [0.2, 0.25) is 0 Å². The molecule has 3 heterocycles. The second-order valence-corrected chi connectivity index (χ2v) is 23.2. The number of carboxylic acid groups (broad SMARTS) is 1. The molecule has 23 atom stereocenters. The molecule has 7 fully saturated rings. The quantitative estimate of drug-likeness (QED) is 0.0856. The van der Waals surface area contributed by atoms with E-state index in [0.717, 1.165) is 19.3 Å². The van der Waals surface area contributed by atoms with Crippen molar-refractivity contribution in [3.8, 4) is 0 Å². The topological polar surface area (TPSA) is 312 Å². The van der Waals surface area contributed by atoms with Crippen LogP contribution in [0.15, 0.2) is 11.6 Å². The van der Waals surface area contributed by atoms with Crippen LogP contribution in [0.3, 0.4) is 0 Å². The number of aliphatic hydroxyl groups excluding tert-OH is 10. The van der Waals surface area contributed by atoms with Gasteiger partial charge in [0, 0.05) is 0 Å². The zero-order valence-electron chi connectivity index (χ0n) is 39.0. The highest BCUT2D eigenvalue weighted by Crippen LogP contribution is 2.76. The number of allylic oxidation sites excluding steroid dienone is 2. The van der Waals surface area contributed by atoms with Crippen molar-refractivity contribution in [3.63, 3.8) is 0 Å². The molecule has 4 saturated carbocycles. The maximum Gasteiger partial charge on any atom is 0.335 e. The molecule has 66 heavy (non-hydrogen) atoms. The van der Waals surface area contributed by atoms with Gasteiger partial charge >= 0.3 is 11.9 Å². The molecular formula is C47H74O19. The van der Waals surface area contributed by atoms with Gasteiger partial charge in [0.25, 0.3) is 0 Å². The van der Waals surface area contributed by atoms with E-state index in [9.17, 15) is 65.8 Å². The van der Waals surface area contributed by atoms with Gasteiger partial charge in [-0.2, -0.15) is 0 Å². The molecule has 0 amide bonds.